The molecule has 152 valence electrons. The Hall–Kier alpha value is -3.68. The largest absolute Gasteiger partial charge is 0.497 e. The minimum Gasteiger partial charge on any atom is -0.497 e. The van der Waals surface area contributed by atoms with Crippen molar-refractivity contribution in [2.75, 3.05) is 7.11 Å². The summed E-state index contributed by atoms with van der Waals surface area (Å²) in [5, 5.41) is 16.2. The summed E-state index contributed by atoms with van der Waals surface area (Å²) in [5.74, 6) is -0.343. The van der Waals surface area contributed by atoms with Gasteiger partial charge in [0.1, 0.15) is 11.4 Å². The highest BCUT2D eigenvalue weighted by molar-refractivity contribution is 6.05. The van der Waals surface area contributed by atoms with Gasteiger partial charge in [-0.25, -0.2) is 0 Å². The fourth-order valence-corrected chi connectivity index (χ4v) is 2.36. The van der Waals surface area contributed by atoms with E-state index in [1.165, 1.54) is 24.3 Å². The molecular formula is C21H23N3O5. The van der Waals surface area contributed by atoms with Crippen LogP contribution in [-0.2, 0) is 4.79 Å². The molecule has 2 rings (SSSR count). The van der Waals surface area contributed by atoms with Gasteiger partial charge in [0.25, 0.3) is 17.5 Å². The number of carbonyl (C=O) groups excluding carboxylic acids is 2. The van der Waals surface area contributed by atoms with E-state index in [0.717, 1.165) is 0 Å². The van der Waals surface area contributed by atoms with Crippen molar-refractivity contribution in [1.82, 2.24) is 10.6 Å². The third-order valence-electron chi connectivity index (χ3n) is 3.75. The number of nitro groups is 1. The second-order valence-corrected chi connectivity index (χ2v) is 7.29. The monoisotopic (exact) mass is 397 g/mol. The quantitative estimate of drug-likeness (QED) is 0.441. The fourth-order valence-electron chi connectivity index (χ4n) is 2.36. The van der Waals surface area contributed by atoms with Gasteiger partial charge >= 0.3 is 0 Å². The van der Waals surface area contributed by atoms with Crippen molar-refractivity contribution in [3.8, 4) is 5.75 Å². The van der Waals surface area contributed by atoms with E-state index in [9.17, 15) is 19.7 Å². The molecule has 0 aliphatic rings. The van der Waals surface area contributed by atoms with Gasteiger partial charge in [-0.1, -0.05) is 12.1 Å². The van der Waals surface area contributed by atoms with Gasteiger partial charge < -0.3 is 15.4 Å². The van der Waals surface area contributed by atoms with Crippen LogP contribution >= 0.6 is 0 Å². The first-order valence-corrected chi connectivity index (χ1v) is 8.83. The number of amides is 2. The van der Waals surface area contributed by atoms with Gasteiger partial charge in [-0.15, -0.1) is 0 Å². The zero-order valence-corrected chi connectivity index (χ0v) is 16.7. The number of nitro benzene ring substituents is 1. The number of rotatable bonds is 6. The van der Waals surface area contributed by atoms with E-state index in [2.05, 4.69) is 10.6 Å². The lowest BCUT2D eigenvalue weighted by molar-refractivity contribution is -0.384. The number of nitrogens with one attached hydrogen (secondary N) is 2. The van der Waals surface area contributed by atoms with Crippen LogP contribution in [0.1, 0.15) is 36.7 Å². The van der Waals surface area contributed by atoms with Gasteiger partial charge in [0.2, 0.25) is 0 Å². The van der Waals surface area contributed by atoms with Crippen molar-refractivity contribution in [2.24, 2.45) is 0 Å². The maximum atomic E-state index is 12.7. The van der Waals surface area contributed by atoms with Crippen molar-refractivity contribution in [3.05, 3.63) is 75.5 Å². The highest BCUT2D eigenvalue weighted by atomic mass is 16.6. The van der Waals surface area contributed by atoms with Crippen LogP contribution in [-0.4, -0.2) is 29.4 Å². The molecule has 8 nitrogen and oxygen atoms in total. The van der Waals surface area contributed by atoms with Crippen molar-refractivity contribution in [2.45, 2.75) is 26.3 Å². The SMILES string of the molecule is COc1ccc(C=C(NC(=O)c2ccc([N+](=O)[O-])cc2)C(=O)NC(C)(C)C)cc1. The summed E-state index contributed by atoms with van der Waals surface area (Å²) in [4.78, 5) is 35.5. The van der Waals surface area contributed by atoms with E-state index >= 15 is 0 Å². The minimum absolute atomic E-state index is 0.0495. The molecule has 0 aliphatic carbocycles. The summed E-state index contributed by atoms with van der Waals surface area (Å²) >= 11 is 0. The molecule has 2 aromatic rings. The van der Waals surface area contributed by atoms with Gasteiger partial charge in [-0.3, -0.25) is 19.7 Å². The number of methoxy groups -OCH3 is 1. The van der Waals surface area contributed by atoms with Crippen molar-refractivity contribution in [1.29, 1.82) is 0 Å². The summed E-state index contributed by atoms with van der Waals surface area (Å²) in [6.45, 7) is 5.48. The Balaban J connectivity index is 2.30. The van der Waals surface area contributed by atoms with Crippen LogP contribution in [0, 0.1) is 10.1 Å². The molecule has 0 spiro atoms. The van der Waals surface area contributed by atoms with E-state index in [1.807, 2.05) is 20.8 Å². The molecule has 0 bridgehead atoms. The van der Waals surface area contributed by atoms with E-state index < -0.39 is 22.3 Å². The average Bonchev–Trinajstić information content (AvgIpc) is 2.66. The number of ether oxygens (including phenoxy) is 1. The van der Waals surface area contributed by atoms with Crippen LogP contribution in [0.25, 0.3) is 6.08 Å². The highest BCUT2D eigenvalue weighted by Crippen LogP contribution is 2.15. The molecule has 0 aliphatic heterocycles. The van der Waals surface area contributed by atoms with Crippen molar-refractivity contribution in [3.63, 3.8) is 0 Å². The highest BCUT2D eigenvalue weighted by Gasteiger charge is 2.20. The maximum Gasteiger partial charge on any atom is 0.269 e. The van der Waals surface area contributed by atoms with Crippen LogP contribution in [0.2, 0.25) is 0 Å². The Morgan fingerprint density at radius 1 is 1.03 bits per heavy atom. The first-order valence-electron chi connectivity index (χ1n) is 8.83. The third-order valence-corrected chi connectivity index (χ3v) is 3.75. The number of non-ortho nitro benzene ring substituents is 1. The number of hydrogen-bond acceptors (Lipinski definition) is 5. The molecule has 0 radical (unpaired) electrons. The molecule has 0 heterocycles. The Bertz CT molecular complexity index is 926. The van der Waals surface area contributed by atoms with Crippen molar-refractivity contribution >= 4 is 23.6 Å². The second-order valence-electron chi connectivity index (χ2n) is 7.29. The predicted molar refractivity (Wildman–Crippen MR) is 109 cm³/mol. The molecule has 29 heavy (non-hydrogen) atoms. The fraction of sp³-hybridized carbons (Fsp3) is 0.238. The first-order chi connectivity index (χ1) is 13.6. The molecule has 0 atom stereocenters. The summed E-state index contributed by atoms with van der Waals surface area (Å²) in [6, 6.07) is 12.1. The summed E-state index contributed by atoms with van der Waals surface area (Å²) in [6.07, 6.45) is 1.55. The molecule has 2 aromatic carbocycles. The molecule has 0 unspecified atom stereocenters. The molecule has 8 heteroatoms. The van der Waals surface area contributed by atoms with Crippen LogP contribution in [0.4, 0.5) is 5.69 Å². The van der Waals surface area contributed by atoms with E-state index in [1.54, 1.807) is 37.5 Å². The number of benzene rings is 2. The van der Waals surface area contributed by atoms with Gasteiger partial charge in [-0.2, -0.15) is 0 Å². The Morgan fingerprint density at radius 2 is 1.62 bits per heavy atom. The first kappa shape index (κ1) is 21.6. The molecule has 0 aromatic heterocycles. The summed E-state index contributed by atoms with van der Waals surface area (Å²) < 4.78 is 5.12. The van der Waals surface area contributed by atoms with E-state index in [0.29, 0.717) is 11.3 Å². The smallest absolute Gasteiger partial charge is 0.269 e. The van der Waals surface area contributed by atoms with E-state index in [4.69, 9.17) is 4.74 Å². The van der Waals surface area contributed by atoms with Gasteiger partial charge in [0.05, 0.1) is 12.0 Å². The van der Waals surface area contributed by atoms with Gasteiger partial charge in [-0.05, 0) is 56.7 Å². The predicted octanol–water partition coefficient (Wildman–Crippen LogP) is 3.29. The minimum atomic E-state index is -0.552. The number of nitrogens with zero attached hydrogens (tertiary/aromatic N) is 1. The van der Waals surface area contributed by atoms with Gasteiger partial charge in [0.15, 0.2) is 0 Å². The normalized spacial score (nSPS) is 11.5. The molecule has 0 saturated heterocycles. The molecular weight excluding hydrogens is 374 g/mol. The van der Waals surface area contributed by atoms with Crippen LogP contribution in [0.5, 0.6) is 5.75 Å². The van der Waals surface area contributed by atoms with Gasteiger partial charge in [0, 0.05) is 23.2 Å². The lowest BCUT2D eigenvalue weighted by atomic mass is 10.1. The molecule has 0 saturated carbocycles. The molecule has 0 fully saturated rings. The summed E-state index contributed by atoms with van der Waals surface area (Å²) in [7, 11) is 1.55. The molecule has 2 N–H and O–H groups in total. The third kappa shape index (κ3) is 6.46. The Labute approximate surface area is 168 Å². The van der Waals surface area contributed by atoms with Crippen LogP contribution in [0.3, 0.4) is 0 Å². The Kier molecular flexibility index (Phi) is 6.71. The topological polar surface area (TPSA) is 111 Å². The van der Waals surface area contributed by atoms with Crippen molar-refractivity contribution < 1.29 is 19.2 Å². The maximum absolute atomic E-state index is 12.7. The lowest BCUT2D eigenvalue weighted by Crippen LogP contribution is -2.44. The lowest BCUT2D eigenvalue weighted by Gasteiger charge is -2.22. The van der Waals surface area contributed by atoms with Crippen LogP contribution in [0.15, 0.2) is 54.2 Å². The van der Waals surface area contributed by atoms with Crippen LogP contribution < -0.4 is 15.4 Å². The zero-order chi connectivity index (χ0) is 21.6. The van der Waals surface area contributed by atoms with E-state index in [-0.39, 0.29) is 16.9 Å². The zero-order valence-electron chi connectivity index (χ0n) is 16.7. The second kappa shape index (κ2) is 9.01. The molecule has 2 amide bonds. The Morgan fingerprint density at radius 3 is 2.10 bits per heavy atom. The standard InChI is InChI=1S/C21H23N3O5/c1-21(2,3)23-20(26)18(13-14-5-11-17(29-4)12-6-14)22-19(25)15-7-9-16(10-8-15)24(27)28/h5-13H,1-4H3,(H,22,25)(H,23,26). The number of carbonyl (C=O) groups is 2. The average molecular weight is 397 g/mol. The summed E-state index contributed by atoms with van der Waals surface area (Å²) in [5.41, 5.74) is 0.303. The number of hydrogen-bond donors (Lipinski definition) is 2.